The summed E-state index contributed by atoms with van der Waals surface area (Å²) in [5.74, 6) is 0.437. The van der Waals surface area contributed by atoms with Crippen LogP contribution in [-0.4, -0.2) is 84.3 Å². The molecule has 218 valence electrons. The summed E-state index contributed by atoms with van der Waals surface area (Å²) in [6.07, 6.45) is 6.11. The van der Waals surface area contributed by atoms with Gasteiger partial charge in [0.05, 0.1) is 28.5 Å². The molecule has 0 spiro atoms. The zero-order valence-corrected chi connectivity index (χ0v) is 26.9. The van der Waals surface area contributed by atoms with Crippen LogP contribution >= 0.6 is 46.7 Å². The predicted molar refractivity (Wildman–Crippen MR) is 169 cm³/mol. The van der Waals surface area contributed by atoms with Gasteiger partial charge in [0, 0.05) is 52.2 Å². The zero-order chi connectivity index (χ0) is 29.4. The third-order valence-corrected chi connectivity index (χ3v) is 9.09. The molecule has 2 heterocycles. The minimum atomic E-state index is -0.0285. The minimum absolute atomic E-state index is 0.0285. The highest BCUT2D eigenvalue weighted by molar-refractivity contribution is 8.18. The summed E-state index contributed by atoms with van der Waals surface area (Å²) in [7, 11) is 4.10. The highest BCUT2D eigenvalue weighted by Crippen LogP contribution is 2.39. The van der Waals surface area contributed by atoms with Gasteiger partial charge in [-0.2, -0.15) is 0 Å². The van der Waals surface area contributed by atoms with Crippen LogP contribution in [0.15, 0.2) is 53.4 Å². The van der Waals surface area contributed by atoms with E-state index in [4.69, 9.17) is 32.7 Å². The van der Waals surface area contributed by atoms with Crippen molar-refractivity contribution in [2.45, 2.75) is 45.0 Å². The third-order valence-electron chi connectivity index (χ3n) is 5.67. The molecule has 0 aliphatic carbocycles. The van der Waals surface area contributed by atoms with E-state index < -0.39 is 0 Å². The number of morpholine rings is 1. The number of allylic oxidation sites excluding steroid dienone is 2. The van der Waals surface area contributed by atoms with E-state index >= 15 is 0 Å². The fraction of sp³-hybridized carbons (Fsp3) is 0.500. The van der Waals surface area contributed by atoms with E-state index in [1.54, 1.807) is 23.5 Å². The average Bonchev–Trinajstić information content (AvgIpc) is 3.31. The SMILES string of the molecule is C/C=C\N(C)/C=C(\C)C1=CSC(SCC(=O)NCC2CN(Cc3ccc(Cl)c(Cl)c3)CCO2)N1C.C=O.CC. The number of rotatable bonds is 10. The molecule has 39 heavy (non-hydrogen) atoms. The Kier molecular flexibility index (Phi) is 17.7. The molecule has 0 bridgehead atoms. The smallest absolute Gasteiger partial charge is 0.230 e. The monoisotopic (exact) mass is 616 g/mol. The van der Waals surface area contributed by atoms with Crippen LogP contribution < -0.4 is 5.32 Å². The molecule has 1 amide bonds. The van der Waals surface area contributed by atoms with Crippen LogP contribution in [0.3, 0.4) is 0 Å². The van der Waals surface area contributed by atoms with E-state index in [2.05, 4.69) is 40.7 Å². The van der Waals surface area contributed by atoms with E-state index in [1.165, 1.54) is 11.3 Å². The summed E-state index contributed by atoms with van der Waals surface area (Å²) < 4.78 is 6.06. The number of ether oxygens (including phenoxy) is 1. The van der Waals surface area contributed by atoms with Gasteiger partial charge in [-0.1, -0.05) is 61.0 Å². The van der Waals surface area contributed by atoms with Crippen LogP contribution in [0.1, 0.15) is 33.3 Å². The minimum Gasteiger partial charge on any atom is -0.374 e. The molecule has 2 aliphatic rings. The first-order valence-corrected chi connectivity index (χ1v) is 15.6. The Balaban J connectivity index is 0.00000181. The van der Waals surface area contributed by atoms with Gasteiger partial charge in [-0.05, 0) is 48.7 Å². The molecule has 2 atom stereocenters. The molecular weight excluding hydrogens is 575 g/mol. The summed E-state index contributed by atoms with van der Waals surface area (Å²) in [5.41, 5.74) is 3.49. The van der Waals surface area contributed by atoms with Crippen LogP contribution in [0.5, 0.6) is 0 Å². The molecule has 2 aliphatic heterocycles. The Labute approximate surface area is 253 Å². The molecule has 0 aromatic heterocycles. The maximum atomic E-state index is 12.5. The first-order chi connectivity index (χ1) is 18.8. The Bertz CT molecular complexity index is 994. The van der Waals surface area contributed by atoms with Crippen molar-refractivity contribution in [3.05, 3.63) is 69.0 Å². The number of hydrogen-bond donors (Lipinski definition) is 1. The number of benzene rings is 1. The second kappa shape index (κ2) is 19.5. The lowest BCUT2D eigenvalue weighted by molar-refractivity contribution is -0.119. The van der Waals surface area contributed by atoms with Crippen molar-refractivity contribution < 1.29 is 14.3 Å². The molecule has 3 rings (SSSR count). The van der Waals surface area contributed by atoms with E-state index in [0.29, 0.717) is 28.9 Å². The van der Waals surface area contributed by atoms with Gasteiger partial charge < -0.3 is 24.6 Å². The molecule has 1 aromatic carbocycles. The Hall–Kier alpha value is -1.62. The molecule has 1 saturated heterocycles. The van der Waals surface area contributed by atoms with Gasteiger partial charge in [-0.25, -0.2) is 0 Å². The highest BCUT2D eigenvalue weighted by atomic mass is 35.5. The van der Waals surface area contributed by atoms with E-state index in [1.807, 2.05) is 70.0 Å². The third kappa shape index (κ3) is 12.2. The molecule has 1 aromatic rings. The fourth-order valence-corrected chi connectivity index (χ4v) is 6.58. The van der Waals surface area contributed by atoms with E-state index in [-0.39, 0.29) is 16.7 Å². The largest absolute Gasteiger partial charge is 0.374 e. The lowest BCUT2D eigenvalue weighted by atomic mass is 10.2. The van der Waals surface area contributed by atoms with Crippen molar-refractivity contribution in [2.24, 2.45) is 0 Å². The highest BCUT2D eigenvalue weighted by Gasteiger charge is 2.26. The van der Waals surface area contributed by atoms with Crippen LogP contribution in [-0.2, 0) is 20.9 Å². The lowest BCUT2D eigenvalue weighted by Gasteiger charge is -2.33. The first kappa shape index (κ1) is 35.4. The molecule has 1 N–H and O–H groups in total. The molecule has 0 radical (unpaired) electrons. The molecule has 7 nitrogen and oxygen atoms in total. The number of halogens is 2. The maximum Gasteiger partial charge on any atom is 0.230 e. The molecule has 0 saturated carbocycles. The summed E-state index contributed by atoms with van der Waals surface area (Å²) in [6, 6.07) is 5.73. The second-order valence-corrected chi connectivity index (χ2v) is 11.7. The lowest BCUT2D eigenvalue weighted by Crippen LogP contribution is -2.47. The normalized spacial score (nSPS) is 19.5. The number of nitrogens with one attached hydrogen (secondary N) is 1. The van der Waals surface area contributed by atoms with Crippen molar-refractivity contribution in [3.63, 3.8) is 0 Å². The van der Waals surface area contributed by atoms with Gasteiger partial charge in [0.2, 0.25) is 5.91 Å². The van der Waals surface area contributed by atoms with E-state index in [0.717, 1.165) is 25.2 Å². The van der Waals surface area contributed by atoms with Crippen molar-refractivity contribution in [2.75, 3.05) is 46.1 Å². The fourth-order valence-electron chi connectivity index (χ4n) is 3.95. The van der Waals surface area contributed by atoms with Crippen molar-refractivity contribution in [3.8, 4) is 0 Å². The van der Waals surface area contributed by atoms with Crippen molar-refractivity contribution in [1.29, 1.82) is 0 Å². The molecular formula is C28H42Cl2N4O3S2. The van der Waals surface area contributed by atoms with Crippen LogP contribution in [0.2, 0.25) is 10.0 Å². The number of carbonyl (C=O) groups is 2. The number of thioether (sulfide) groups is 2. The Morgan fingerprint density at radius 2 is 2.03 bits per heavy atom. The Morgan fingerprint density at radius 1 is 1.31 bits per heavy atom. The topological polar surface area (TPSA) is 65.1 Å². The predicted octanol–water partition coefficient (Wildman–Crippen LogP) is 6.06. The van der Waals surface area contributed by atoms with Gasteiger partial charge in [0.15, 0.2) is 0 Å². The van der Waals surface area contributed by atoms with Crippen LogP contribution in [0.25, 0.3) is 0 Å². The number of hydrogen-bond acceptors (Lipinski definition) is 8. The Morgan fingerprint density at radius 3 is 2.69 bits per heavy atom. The zero-order valence-electron chi connectivity index (χ0n) is 23.8. The second-order valence-electron chi connectivity index (χ2n) is 8.61. The number of nitrogens with zero attached hydrogens (tertiary/aromatic N) is 3. The summed E-state index contributed by atoms with van der Waals surface area (Å²) in [6.45, 7) is 13.6. The summed E-state index contributed by atoms with van der Waals surface area (Å²) in [4.78, 5) is 27.1. The van der Waals surface area contributed by atoms with Gasteiger partial charge in [0.25, 0.3) is 0 Å². The maximum absolute atomic E-state index is 12.5. The van der Waals surface area contributed by atoms with Crippen LogP contribution in [0.4, 0.5) is 0 Å². The van der Waals surface area contributed by atoms with Gasteiger partial charge in [-0.15, -0.1) is 11.8 Å². The standard InChI is InChI=1S/C25H34Cl2N4O2S2.C2H6.CH2O/c1-5-8-29(3)13-18(2)23-16-34-25(30(23)4)35-17-24(32)28-12-20-15-31(9-10-33-20)14-19-6-7-21(26)22(27)11-19;2*1-2/h5-8,11,13,16,20,25H,9-10,12,14-15,17H2,1-4H3,(H,28,32);1-2H3;1H2/b8-5-,18-13+;;. The van der Waals surface area contributed by atoms with Crippen molar-refractivity contribution in [1.82, 2.24) is 20.0 Å². The number of likely N-dealkylation sites (N-methyl/N-ethyl adjacent to an activating group) is 1. The summed E-state index contributed by atoms with van der Waals surface area (Å²) in [5, 5.41) is 6.35. The van der Waals surface area contributed by atoms with Gasteiger partial charge in [0.1, 0.15) is 11.5 Å². The molecule has 2 unspecified atom stereocenters. The quantitative estimate of drug-likeness (QED) is 0.340. The van der Waals surface area contributed by atoms with Crippen molar-refractivity contribution >= 4 is 59.4 Å². The molecule has 11 heteroatoms. The summed E-state index contributed by atoms with van der Waals surface area (Å²) >= 11 is 15.5. The van der Waals surface area contributed by atoms with E-state index in [9.17, 15) is 4.79 Å². The number of amides is 1. The van der Waals surface area contributed by atoms with Crippen LogP contribution in [0, 0.1) is 0 Å². The average molecular weight is 618 g/mol. The molecule has 1 fully saturated rings. The number of carbonyl (C=O) groups excluding carboxylic acids is 2. The van der Waals surface area contributed by atoms with Gasteiger partial charge in [-0.3, -0.25) is 9.69 Å². The van der Waals surface area contributed by atoms with Gasteiger partial charge >= 0.3 is 0 Å². The first-order valence-electron chi connectivity index (χ1n) is 12.8.